The number of pyridine rings is 1. The molecule has 1 heterocycles. The van der Waals surface area contributed by atoms with Gasteiger partial charge in [-0.1, -0.05) is 54.6 Å². The zero-order chi connectivity index (χ0) is 19.5. The van der Waals surface area contributed by atoms with Gasteiger partial charge in [0.05, 0.1) is 0 Å². The summed E-state index contributed by atoms with van der Waals surface area (Å²) in [5, 5.41) is 11.8. The molecule has 1 aromatic heterocycles. The predicted octanol–water partition coefficient (Wildman–Crippen LogP) is 3.75. The molecule has 4 rings (SSSR count). The van der Waals surface area contributed by atoms with Crippen LogP contribution in [0.1, 0.15) is 28.7 Å². The zero-order valence-corrected chi connectivity index (χ0v) is 14.9. The Morgan fingerprint density at radius 1 is 1.00 bits per heavy atom. The molecule has 0 fully saturated rings. The standard InChI is InChI=1S/C22H18N2O4/c25-21(26)20(14-6-5-11-23-12-14)24-22(27)28-13-19-17-9-3-1-7-15(17)16-8-2-4-10-18(16)19/h1-12,19-20H,13H2,(H,24,27)(H,25,26)/t20-/m1/s1. The number of amides is 1. The molecule has 2 N–H and O–H groups in total. The van der Waals surface area contributed by atoms with Crippen LogP contribution in [0.4, 0.5) is 4.79 Å². The summed E-state index contributed by atoms with van der Waals surface area (Å²) in [6, 6.07) is 18.0. The number of nitrogens with one attached hydrogen (secondary N) is 1. The van der Waals surface area contributed by atoms with Gasteiger partial charge >= 0.3 is 12.1 Å². The number of carbonyl (C=O) groups is 2. The van der Waals surface area contributed by atoms with E-state index in [4.69, 9.17) is 4.74 Å². The van der Waals surface area contributed by atoms with Crippen molar-refractivity contribution in [3.8, 4) is 11.1 Å². The largest absolute Gasteiger partial charge is 0.479 e. The molecular weight excluding hydrogens is 356 g/mol. The number of ether oxygens (including phenoxy) is 1. The Kier molecular flexibility index (Phi) is 4.76. The highest BCUT2D eigenvalue weighted by Gasteiger charge is 2.30. The molecular formula is C22H18N2O4. The number of hydrogen-bond acceptors (Lipinski definition) is 4. The van der Waals surface area contributed by atoms with Crippen molar-refractivity contribution in [1.82, 2.24) is 10.3 Å². The van der Waals surface area contributed by atoms with Gasteiger partial charge in [0, 0.05) is 23.9 Å². The van der Waals surface area contributed by atoms with E-state index in [1.165, 1.54) is 12.4 Å². The fourth-order valence-electron chi connectivity index (χ4n) is 3.59. The van der Waals surface area contributed by atoms with Gasteiger partial charge in [0.25, 0.3) is 0 Å². The van der Waals surface area contributed by atoms with Crippen molar-refractivity contribution in [2.45, 2.75) is 12.0 Å². The van der Waals surface area contributed by atoms with Gasteiger partial charge in [0.15, 0.2) is 6.04 Å². The van der Waals surface area contributed by atoms with Crippen LogP contribution in [-0.4, -0.2) is 28.8 Å². The number of carboxylic acids is 1. The van der Waals surface area contributed by atoms with Crippen LogP contribution in [0, 0.1) is 0 Å². The Morgan fingerprint density at radius 3 is 2.21 bits per heavy atom. The molecule has 6 nitrogen and oxygen atoms in total. The van der Waals surface area contributed by atoms with Gasteiger partial charge in [0.2, 0.25) is 0 Å². The number of aromatic nitrogens is 1. The predicted molar refractivity (Wildman–Crippen MR) is 103 cm³/mol. The van der Waals surface area contributed by atoms with Crippen LogP contribution in [0.15, 0.2) is 73.1 Å². The van der Waals surface area contributed by atoms with E-state index in [0.29, 0.717) is 5.56 Å². The number of carbonyl (C=O) groups excluding carboxylic acids is 1. The number of hydrogen-bond donors (Lipinski definition) is 2. The molecule has 1 aliphatic carbocycles. The van der Waals surface area contributed by atoms with Crippen molar-refractivity contribution in [1.29, 1.82) is 0 Å². The number of rotatable bonds is 5. The first kappa shape index (κ1) is 17.7. The number of carboxylic acid groups (broad SMARTS) is 1. The molecule has 2 aromatic carbocycles. The second kappa shape index (κ2) is 7.52. The number of aliphatic carboxylic acids is 1. The number of fused-ring (bicyclic) bond motifs is 3. The topological polar surface area (TPSA) is 88.5 Å². The van der Waals surface area contributed by atoms with Crippen molar-refractivity contribution < 1.29 is 19.4 Å². The average molecular weight is 374 g/mol. The van der Waals surface area contributed by atoms with Crippen LogP contribution in [0.2, 0.25) is 0 Å². The normalized spacial score (nSPS) is 13.3. The zero-order valence-electron chi connectivity index (χ0n) is 14.9. The Morgan fingerprint density at radius 2 is 1.64 bits per heavy atom. The highest BCUT2D eigenvalue weighted by Crippen LogP contribution is 2.44. The van der Waals surface area contributed by atoms with Crippen molar-refractivity contribution >= 4 is 12.1 Å². The van der Waals surface area contributed by atoms with Gasteiger partial charge in [-0.05, 0) is 28.3 Å². The van der Waals surface area contributed by atoms with Gasteiger partial charge in [-0.25, -0.2) is 9.59 Å². The monoisotopic (exact) mass is 374 g/mol. The van der Waals surface area contributed by atoms with E-state index >= 15 is 0 Å². The fraction of sp³-hybridized carbons (Fsp3) is 0.136. The lowest BCUT2D eigenvalue weighted by molar-refractivity contribution is -0.139. The molecule has 0 saturated heterocycles. The number of benzene rings is 2. The Balaban J connectivity index is 1.49. The Bertz CT molecular complexity index is 974. The van der Waals surface area contributed by atoms with E-state index in [2.05, 4.69) is 22.4 Å². The summed E-state index contributed by atoms with van der Waals surface area (Å²) >= 11 is 0. The van der Waals surface area contributed by atoms with Crippen LogP contribution < -0.4 is 5.32 Å². The third-order valence-electron chi connectivity index (χ3n) is 4.87. The molecule has 0 unspecified atom stereocenters. The lowest BCUT2D eigenvalue weighted by Gasteiger charge is -2.17. The van der Waals surface area contributed by atoms with Gasteiger partial charge in [0.1, 0.15) is 6.61 Å². The van der Waals surface area contributed by atoms with Crippen molar-refractivity contribution in [3.63, 3.8) is 0 Å². The minimum absolute atomic E-state index is 0.0835. The van der Waals surface area contributed by atoms with E-state index in [1.54, 1.807) is 12.1 Å². The summed E-state index contributed by atoms with van der Waals surface area (Å²) in [4.78, 5) is 27.7. The van der Waals surface area contributed by atoms with Gasteiger partial charge in [-0.3, -0.25) is 4.98 Å². The molecule has 0 spiro atoms. The summed E-state index contributed by atoms with van der Waals surface area (Å²) in [7, 11) is 0. The fourth-order valence-corrected chi connectivity index (χ4v) is 3.59. The van der Waals surface area contributed by atoms with Crippen molar-refractivity contribution in [2.24, 2.45) is 0 Å². The summed E-state index contributed by atoms with van der Waals surface area (Å²) in [5.41, 5.74) is 4.83. The summed E-state index contributed by atoms with van der Waals surface area (Å²) in [5.74, 6) is -1.26. The third-order valence-corrected chi connectivity index (χ3v) is 4.87. The van der Waals surface area contributed by atoms with Gasteiger partial charge < -0.3 is 15.2 Å². The maximum Gasteiger partial charge on any atom is 0.408 e. The second-order valence-corrected chi connectivity index (χ2v) is 6.53. The molecule has 28 heavy (non-hydrogen) atoms. The summed E-state index contributed by atoms with van der Waals surface area (Å²) < 4.78 is 5.41. The highest BCUT2D eigenvalue weighted by molar-refractivity contribution is 5.82. The number of alkyl carbamates (subject to hydrolysis) is 1. The smallest absolute Gasteiger partial charge is 0.408 e. The molecule has 1 atom stereocenters. The van der Waals surface area contributed by atoms with Crippen LogP contribution in [-0.2, 0) is 9.53 Å². The molecule has 0 saturated carbocycles. The lowest BCUT2D eigenvalue weighted by atomic mass is 9.98. The van der Waals surface area contributed by atoms with E-state index in [9.17, 15) is 14.7 Å². The summed E-state index contributed by atoms with van der Waals surface area (Å²) in [6.45, 7) is 0.124. The van der Waals surface area contributed by atoms with E-state index < -0.39 is 18.1 Å². The first-order valence-corrected chi connectivity index (χ1v) is 8.89. The highest BCUT2D eigenvalue weighted by atomic mass is 16.5. The number of nitrogens with zero attached hydrogens (tertiary/aromatic N) is 1. The average Bonchev–Trinajstić information content (AvgIpc) is 3.05. The first-order chi connectivity index (χ1) is 13.6. The Hall–Kier alpha value is -3.67. The van der Waals surface area contributed by atoms with E-state index in [0.717, 1.165) is 22.3 Å². The van der Waals surface area contributed by atoms with Gasteiger partial charge in [-0.2, -0.15) is 0 Å². The van der Waals surface area contributed by atoms with Crippen molar-refractivity contribution in [3.05, 3.63) is 89.7 Å². The second-order valence-electron chi connectivity index (χ2n) is 6.53. The molecule has 1 amide bonds. The van der Waals surface area contributed by atoms with Gasteiger partial charge in [-0.15, -0.1) is 0 Å². The maximum atomic E-state index is 12.3. The molecule has 140 valence electrons. The quantitative estimate of drug-likeness (QED) is 0.710. The van der Waals surface area contributed by atoms with E-state index in [1.807, 2.05) is 36.4 Å². The van der Waals surface area contributed by atoms with Crippen LogP contribution >= 0.6 is 0 Å². The third kappa shape index (κ3) is 3.32. The molecule has 0 aliphatic heterocycles. The van der Waals surface area contributed by atoms with E-state index in [-0.39, 0.29) is 12.5 Å². The molecule has 0 radical (unpaired) electrons. The molecule has 0 bridgehead atoms. The maximum absolute atomic E-state index is 12.3. The Labute approximate surface area is 161 Å². The molecule has 3 aromatic rings. The molecule has 6 heteroatoms. The minimum atomic E-state index is -1.22. The van der Waals surface area contributed by atoms with Crippen LogP contribution in [0.25, 0.3) is 11.1 Å². The van der Waals surface area contributed by atoms with Crippen LogP contribution in [0.3, 0.4) is 0 Å². The molecule has 1 aliphatic rings. The lowest BCUT2D eigenvalue weighted by Crippen LogP contribution is -2.34. The minimum Gasteiger partial charge on any atom is -0.479 e. The first-order valence-electron chi connectivity index (χ1n) is 8.89. The van der Waals surface area contributed by atoms with Crippen molar-refractivity contribution in [2.75, 3.05) is 6.61 Å². The van der Waals surface area contributed by atoms with Crippen LogP contribution in [0.5, 0.6) is 0 Å². The SMILES string of the molecule is O=C(N[C@@H](C(=O)O)c1cccnc1)OCC1c2ccccc2-c2ccccc21. The summed E-state index contributed by atoms with van der Waals surface area (Å²) in [6.07, 6.45) is 2.16.